The Morgan fingerprint density at radius 1 is 1.15 bits per heavy atom. The third kappa shape index (κ3) is 3.51. The zero-order valence-electron chi connectivity index (χ0n) is 12.6. The highest BCUT2D eigenvalue weighted by atomic mass is 15.1. The van der Waals surface area contributed by atoms with E-state index in [9.17, 15) is 0 Å². The van der Waals surface area contributed by atoms with Gasteiger partial charge in [0.1, 0.15) is 0 Å². The van der Waals surface area contributed by atoms with Gasteiger partial charge < -0.3 is 10.2 Å². The molecule has 110 valence electrons. The minimum atomic E-state index is 0.708. The van der Waals surface area contributed by atoms with Crippen LogP contribution in [0.2, 0.25) is 0 Å². The van der Waals surface area contributed by atoms with Crippen LogP contribution < -0.4 is 10.2 Å². The molecule has 0 saturated heterocycles. The maximum atomic E-state index is 4.32. The summed E-state index contributed by atoms with van der Waals surface area (Å²) < 4.78 is 0. The summed E-state index contributed by atoms with van der Waals surface area (Å²) in [6.45, 7) is 0.963. The molecule has 2 aliphatic rings. The maximum absolute atomic E-state index is 4.32. The van der Waals surface area contributed by atoms with Crippen LogP contribution in [0.5, 0.6) is 0 Å². The van der Waals surface area contributed by atoms with Gasteiger partial charge in [-0.25, -0.2) is 0 Å². The van der Waals surface area contributed by atoms with Crippen molar-refractivity contribution >= 4 is 5.69 Å². The molecular formula is C17H27N3. The topological polar surface area (TPSA) is 28.2 Å². The first-order valence-corrected chi connectivity index (χ1v) is 8.23. The molecule has 2 fully saturated rings. The highest BCUT2D eigenvalue weighted by Crippen LogP contribution is 2.28. The lowest BCUT2D eigenvalue weighted by Gasteiger charge is -2.31. The lowest BCUT2D eigenvalue weighted by Crippen LogP contribution is -2.32. The van der Waals surface area contributed by atoms with Crippen LogP contribution in [-0.4, -0.2) is 24.1 Å². The quantitative estimate of drug-likeness (QED) is 0.832. The second-order valence-electron chi connectivity index (χ2n) is 6.42. The number of anilines is 1. The minimum Gasteiger partial charge on any atom is -0.371 e. The summed E-state index contributed by atoms with van der Waals surface area (Å²) in [5.41, 5.74) is 2.73. The van der Waals surface area contributed by atoms with E-state index in [1.54, 1.807) is 0 Å². The van der Waals surface area contributed by atoms with Gasteiger partial charge >= 0.3 is 0 Å². The molecule has 2 aliphatic carbocycles. The zero-order valence-corrected chi connectivity index (χ0v) is 12.6. The van der Waals surface area contributed by atoms with E-state index in [2.05, 4.69) is 28.3 Å². The Kier molecular flexibility index (Phi) is 4.56. The molecule has 3 heteroatoms. The first kappa shape index (κ1) is 13.9. The molecule has 0 bridgehead atoms. The summed E-state index contributed by atoms with van der Waals surface area (Å²) in [6.07, 6.45) is 14.9. The standard InChI is InChI=1S/C17H27N3/c1-20(16-6-4-2-3-5-7-16)17-10-11-18-12-14(17)13-19-15-8-9-15/h10-12,15-16,19H,2-9,13H2,1H3. The van der Waals surface area contributed by atoms with Gasteiger partial charge in [0.2, 0.25) is 0 Å². The van der Waals surface area contributed by atoms with E-state index in [-0.39, 0.29) is 0 Å². The second-order valence-corrected chi connectivity index (χ2v) is 6.42. The molecule has 0 amide bonds. The number of nitrogens with one attached hydrogen (secondary N) is 1. The van der Waals surface area contributed by atoms with E-state index in [1.165, 1.54) is 62.6 Å². The molecule has 0 unspecified atom stereocenters. The number of aromatic nitrogens is 1. The molecule has 1 aromatic rings. The van der Waals surface area contributed by atoms with Crippen molar-refractivity contribution in [1.82, 2.24) is 10.3 Å². The molecule has 3 rings (SSSR count). The van der Waals surface area contributed by atoms with Gasteiger partial charge in [-0.2, -0.15) is 0 Å². The summed E-state index contributed by atoms with van der Waals surface area (Å²) in [7, 11) is 2.27. The van der Waals surface area contributed by atoms with Gasteiger partial charge in [0.05, 0.1) is 0 Å². The fourth-order valence-corrected chi connectivity index (χ4v) is 3.28. The third-order valence-electron chi connectivity index (χ3n) is 4.79. The van der Waals surface area contributed by atoms with Crippen molar-refractivity contribution in [3.8, 4) is 0 Å². The Morgan fingerprint density at radius 2 is 1.90 bits per heavy atom. The van der Waals surface area contributed by atoms with Crippen molar-refractivity contribution in [2.24, 2.45) is 0 Å². The number of nitrogens with zero attached hydrogens (tertiary/aromatic N) is 2. The highest BCUT2D eigenvalue weighted by Gasteiger charge is 2.22. The van der Waals surface area contributed by atoms with Crippen molar-refractivity contribution < 1.29 is 0 Å². The van der Waals surface area contributed by atoms with E-state index in [0.717, 1.165) is 12.6 Å². The number of rotatable bonds is 5. The molecule has 20 heavy (non-hydrogen) atoms. The van der Waals surface area contributed by atoms with Crippen molar-refractivity contribution in [3.63, 3.8) is 0 Å². The smallest absolute Gasteiger partial charge is 0.0442 e. The predicted molar refractivity (Wildman–Crippen MR) is 84.0 cm³/mol. The predicted octanol–water partition coefficient (Wildman–Crippen LogP) is 3.49. The van der Waals surface area contributed by atoms with E-state index in [0.29, 0.717) is 6.04 Å². The third-order valence-corrected chi connectivity index (χ3v) is 4.79. The fraction of sp³-hybridized carbons (Fsp3) is 0.706. The second kappa shape index (κ2) is 6.57. The molecule has 0 aromatic carbocycles. The van der Waals surface area contributed by atoms with Crippen LogP contribution in [0.3, 0.4) is 0 Å². The molecule has 0 radical (unpaired) electrons. The van der Waals surface area contributed by atoms with Crippen molar-refractivity contribution in [2.45, 2.75) is 70.0 Å². The van der Waals surface area contributed by atoms with Crippen molar-refractivity contribution in [3.05, 3.63) is 24.0 Å². The van der Waals surface area contributed by atoms with Crippen LogP contribution in [0.4, 0.5) is 5.69 Å². The number of pyridine rings is 1. The summed E-state index contributed by atoms with van der Waals surface area (Å²) in [4.78, 5) is 6.83. The zero-order chi connectivity index (χ0) is 13.8. The van der Waals surface area contributed by atoms with Gasteiger partial charge in [-0.05, 0) is 31.7 Å². The molecule has 0 aliphatic heterocycles. The first-order valence-electron chi connectivity index (χ1n) is 8.23. The van der Waals surface area contributed by atoms with E-state index < -0.39 is 0 Å². The summed E-state index contributed by atoms with van der Waals surface area (Å²) in [5, 5.41) is 3.62. The number of hydrogen-bond donors (Lipinski definition) is 1. The maximum Gasteiger partial charge on any atom is 0.0442 e. The van der Waals surface area contributed by atoms with E-state index >= 15 is 0 Å². The van der Waals surface area contributed by atoms with Crippen molar-refractivity contribution in [1.29, 1.82) is 0 Å². The highest BCUT2D eigenvalue weighted by molar-refractivity contribution is 5.52. The fourth-order valence-electron chi connectivity index (χ4n) is 3.28. The Bertz CT molecular complexity index is 420. The van der Waals surface area contributed by atoms with E-state index in [1.807, 2.05) is 12.4 Å². The molecule has 2 saturated carbocycles. The molecule has 1 heterocycles. The Hall–Kier alpha value is -1.09. The summed E-state index contributed by atoms with van der Waals surface area (Å²) >= 11 is 0. The van der Waals surface area contributed by atoms with Crippen LogP contribution in [0.25, 0.3) is 0 Å². The van der Waals surface area contributed by atoms with E-state index in [4.69, 9.17) is 0 Å². The Morgan fingerprint density at radius 3 is 2.60 bits per heavy atom. The lowest BCUT2D eigenvalue weighted by atomic mass is 10.1. The normalized spacial score (nSPS) is 20.6. The summed E-state index contributed by atoms with van der Waals surface area (Å²) in [5.74, 6) is 0. The first-order chi connectivity index (χ1) is 9.84. The van der Waals surface area contributed by atoms with Crippen LogP contribution in [0.1, 0.15) is 56.9 Å². The molecule has 0 spiro atoms. The lowest BCUT2D eigenvalue weighted by molar-refractivity contribution is 0.550. The minimum absolute atomic E-state index is 0.708. The molecule has 0 atom stereocenters. The molecular weight excluding hydrogens is 246 g/mol. The Labute approximate surface area is 122 Å². The van der Waals surface area contributed by atoms with Crippen LogP contribution in [-0.2, 0) is 6.54 Å². The van der Waals surface area contributed by atoms with Gasteiger partial charge in [0.25, 0.3) is 0 Å². The van der Waals surface area contributed by atoms with Gasteiger partial charge in [-0.15, -0.1) is 0 Å². The van der Waals surface area contributed by atoms with Crippen LogP contribution >= 0.6 is 0 Å². The van der Waals surface area contributed by atoms with Gasteiger partial charge in [0.15, 0.2) is 0 Å². The average molecular weight is 273 g/mol. The van der Waals surface area contributed by atoms with Crippen LogP contribution in [0, 0.1) is 0 Å². The van der Waals surface area contributed by atoms with Gasteiger partial charge in [-0.3, -0.25) is 4.98 Å². The van der Waals surface area contributed by atoms with Crippen molar-refractivity contribution in [2.75, 3.05) is 11.9 Å². The largest absolute Gasteiger partial charge is 0.371 e. The SMILES string of the molecule is CN(c1ccncc1CNC1CC1)C1CCCCCC1. The average Bonchev–Trinajstić information content (AvgIpc) is 3.31. The summed E-state index contributed by atoms with van der Waals surface area (Å²) in [6, 6.07) is 3.65. The van der Waals surface area contributed by atoms with Crippen LogP contribution in [0.15, 0.2) is 18.5 Å². The molecule has 1 aromatic heterocycles. The van der Waals surface area contributed by atoms with Gasteiger partial charge in [-0.1, -0.05) is 25.7 Å². The number of hydrogen-bond acceptors (Lipinski definition) is 3. The monoisotopic (exact) mass is 273 g/mol. The van der Waals surface area contributed by atoms with Gasteiger partial charge in [0, 0.05) is 49.3 Å². The Balaban J connectivity index is 1.69. The molecule has 1 N–H and O–H groups in total. The molecule has 3 nitrogen and oxygen atoms in total.